The van der Waals surface area contributed by atoms with E-state index in [0.717, 1.165) is 0 Å². The normalized spacial score (nSPS) is 10.0. The molecule has 0 aliphatic carbocycles. The minimum Gasteiger partial charge on any atom is -0.396 e. The first-order valence-corrected chi connectivity index (χ1v) is 2.18. The smallest absolute Gasteiger partial charge is 0.212 e. The highest BCUT2D eigenvalue weighted by atomic mass is 16.5. The van der Waals surface area contributed by atoms with E-state index in [1.165, 1.54) is 0 Å². The second-order valence-electron chi connectivity index (χ2n) is 1.31. The summed E-state index contributed by atoms with van der Waals surface area (Å²) in [5.41, 5.74) is 0. The summed E-state index contributed by atoms with van der Waals surface area (Å²) in [6.45, 7) is -0.337. The van der Waals surface area contributed by atoms with Gasteiger partial charge in [0.1, 0.15) is 0 Å². The van der Waals surface area contributed by atoms with E-state index in [1.807, 2.05) is 0 Å². The van der Waals surface area contributed by atoms with Crippen molar-refractivity contribution in [2.75, 3.05) is 6.61 Å². The van der Waals surface area contributed by atoms with Crippen LogP contribution < -0.4 is 0 Å². The second-order valence-corrected chi connectivity index (χ2v) is 1.31. The van der Waals surface area contributed by atoms with E-state index in [1.54, 1.807) is 0 Å². The minimum atomic E-state index is -1.93. The zero-order valence-corrected chi connectivity index (χ0v) is 4.24. The number of Topliss-reactive ketones (excluding diaryl/α,β-unsaturated/α-hetero) is 1. The summed E-state index contributed by atoms with van der Waals surface area (Å²) in [6, 6.07) is 0. The summed E-state index contributed by atoms with van der Waals surface area (Å²) in [4.78, 5) is 10.1. The fraction of sp³-hybridized carbons (Fsp3) is 0.750. The fourth-order valence-corrected chi connectivity index (χ4v) is 0.239. The Balaban J connectivity index is 3.33. The van der Waals surface area contributed by atoms with Crippen LogP contribution in [0.3, 0.4) is 0 Å². The van der Waals surface area contributed by atoms with E-state index >= 15 is 0 Å². The van der Waals surface area contributed by atoms with Crippen LogP contribution in [0.25, 0.3) is 0 Å². The number of rotatable bonds is 3. The third kappa shape index (κ3) is 2.68. The van der Waals surface area contributed by atoms with Crippen molar-refractivity contribution in [2.45, 2.75) is 12.7 Å². The number of aliphatic hydroxyl groups excluding tert-OH is 2. The van der Waals surface area contributed by atoms with Gasteiger partial charge in [-0.05, 0) is 0 Å². The predicted octanol–water partition coefficient (Wildman–Crippen LogP) is -1.75. The van der Waals surface area contributed by atoms with Crippen LogP contribution >= 0.6 is 0 Å². The lowest BCUT2D eigenvalue weighted by atomic mass is 10.3. The van der Waals surface area contributed by atoms with E-state index in [2.05, 4.69) is 0 Å². The number of carbonyl (C=O) groups excluding carboxylic acids is 1. The predicted molar refractivity (Wildman–Crippen MR) is 24.9 cm³/mol. The molecule has 0 atom stereocenters. The molecule has 0 fully saturated rings. The van der Waals surface area contributed by atoms with Gasteiger partial charge in [0.05, 0.1) is 6.61 Å². The molecule has 3 N–H and O–H groups in total. The van der Waals surface area contributed by atoms with Crippen LogP contribution in [0, 0.1) is 0 Å². The van der Waals surface area contributed by atoms with Gasteiger partial charge in [0.2, 0.25) is 6.29 Å². The Labute approximate surface area is 46.4 Å². The van der Waals surface area contributed by atoms with Gasteiger partial charge in [0.15, 0.2) is 5.78 Å². The van der Waals surface area contributed by atoms with Gasteiger partial charge >= 0.3 is 0 Å². The lowest BCUT2D eigenvalue weighted by Crippen LogP contribution is -2.19. The molecule has 0 rings (SSSR count). The van der Waals surface area contributed by atoms with Crippen LogP contribution in [-0.2, 0) is 4.79 Å². The van der Waals surface area contributed by atoms with E-state index in [9.17, 15) is 4.79 Å². The molecule has 8 heavy (non-hydrogen) atoms. The summed E-state index contributed by atoms with van der Waals surface area (Å²) in [6.07, 6.45) is -2.13. The van der Waals surface area contributed by atoms with Crippen molar-refractivity contribution in [1.82, 2.24) is 0 Å². The zero-order valence-electron chi connectivity index (χ0n) is 4.24. The zero-order chi connectivity index (χ0) is 6.57. The van der Waals surface area contributed by atoms with Gasteiger partial charge in [-0.2, -0.15) is 0 Å². The van der Waals surface area contributed by atoms with Gasteiger partial charge < -0.3 is 15.3 Å². The van der Waals surface area contributed by atoms with Crippen molar-refractivity contribution in [2.24, 2.45) is 0 Å². The molecule has 0 aromatic rings. The molecule has 48 valence electrons. The molecule has 0 saturated carbocycles. The third-order valence-electron chi connectivity index (χ3n) is 0.646. The Hall–Kier alpha value is -0.450. The van der Waals surface area contributed by atoms with Crippen LogP contribution in [0.1, 0.15) is 6.42 Å². The highest BCUT2D eigenvalue weighted by molar-refractivity contribution is 5.81. The molecule has 4 nitrogen and oxygen atoms in total. The largest absolute Gasteiger partial charge is 0.396 e. The lowest BCUT2D eigenvalue weighted by molar-refractivity contribution is -0.145. The van der Waals surface area contributed by atoms with Crippen LogP contribution in [0.5, 0.6) is 0 Å². The first-order chi connectivity index (χ1) is 3.68. The van der Waals surface area contributed by atoms with Crippen LogP contribution in [0.15, 0.2) is 0 Å². The second kappa shape index (κ2) is 3.54. The summed E-state index contributed by atoms with van der Waals surface area (Å²) >= 11 is 0. The minimum absolute atomic E-state index is 0.197. The molecule has 0 aromatic carbocycles. The summed E-state index contributed by atoms with van der Waals surface area (Å²) in [5, 5.41) is 24.1. The third-order valence-corrected chi connectivity index (χ3v) is 0.646. The molecule has 0 heterocycles. The Bertz CT molecular complexity index is 78.1. The molecule has 0 amide bonds. The summed E-state index contributed by atoms with van der Waals surface area (Å²) < 4.78 is 0. The average molecular weight is 120 g/mol. The summed E-state index contributed by atoms with van der Waals surface area (Å²) in [7, 11) is 0. The maximum Gasteiger partial charge on any atom is 0.212 e. The molecule has 0 saturated heterocycles. The Morgan fingerprint density at radius 1 is 1.50 bits per heavy atom. The van der Waals surface area contributed by atoms with Gasteiger partial charge in [0.25, 0.3) is 0 Å². The molecule has 0 unspecified atom stereocenters. The number of hydrogen-bond acceptors (Lipinski definition) is 4. The van der Waals surface area contributed by atoms with E-state index in [4.69, 9.17) is 15.3 Å². The maximum absolute atomic E-state index is 10.1. The molecule has 0 aliphatic rings. The number of hydrogen-bond donors (Lipinski definition) is 3. The van der Waals surface area contributed by atoms with Gasteiger partial charge in [0, 0.05) is 6.42 Å². The maximum atomic E-state index is 10.1. The van der Waals surface area contributed by atoms with Crippen LogP contribution in [0.2, 0.25) is 0 Å². The van der Waals surface area contributed by atoms with Crippen molar-refractivity contribution >= 4 is 5.78 Å². The first kappa shape index (κ1) is 7.55. The van der Waals surface area contributed by atoms with E-state index in [-0.39, 0.29) is 13.0 Å². The quantitative estimate of drug-likeness (QED) is 0.386. The number of aliphatic hydroxyl groups is 3. The van der Waals surface area contributed by atoms with Crippen molar-refractivity contribution < 1.29 is 20.1 Å². The summed E-state index contributed by atoms with van der Waals surface area (Å²) in [5.74, 6) is -0.757. The number of ketones is 1. The number of carbonyl (C=O) groups is 1. The molecule has 0 aromatic heterocycles. The van der Waals surface area contributed by atoms with Gasteiger partial charge in [-0.3, -0.25) is 4.79 Å². The average Bonchev–Trinajstić information content (AvgIpc) is 1.67. The van der Waals surface area contributed by atoms with Crippen molar-refractivity contribution in [3.05, 3.63) is 0 Å². The van der Waals surface area contributed by atoms with E-state index < -0.39 is 12.1 Å². The Morgan fingerprint density at radius 2 is 2.00 bits per heavy atom. The lowest BCUT2D eigenvalue weighted by Gasteiger charge is -1.97. The highest BCUT2D eigenvalue weighted by Crippen LogP contribution is 1.84. The van der Waals surface area contributed by atoms with Crippen molar-refractivity contribution in [3.8, 4) is 0 Å². The fourth-order valence-electron chi connectivity index (χ4n) is 0.239. The molecule has 0 spiro atoms. The van der Waals surface area contributed by atoms with Crippen LogP contribution in [0.4, 0.5) is 0 Å². The first-order valence-electron chi connectivity index (χ1n) is 2.18. The standard InChI is InChI=1S/C4H8O4/c5-2-1-3(6)4(7)8/h4-5,7-8H,1-2H2. The van der Waals surface area contributed by atoms with Crippen LogP contribution in [-0.4, -0.2) is 34.0 Å². The SMILES string of the molecule is O=C(CCO)C(O)O. The molecular weight excluding hydrogens is 112 g/mol. The van der Waals surface area contributed by atoms with Gasteiger partial charge in [-0.25, -0.2) is 0 Å². The topological polar surface area (TPSA) is 77.8 Å². The molecular formula is C4H8O4. The Kier molecular flexibility index (Phi) is 3.34. The highest BCUT2D eigenvalue weighted by Gasteiger charge is 2.07. The van der Waals surface area contributed by atoms with Gasteiger partial charge in [-0.1, -0.05) is 0 Å². The Morgan fingerprint density at radius 3 is 2.12 bits per heavy atom. The van der Waals surface area contributed by atoms with Crippen molar-refractivity contribution in [3.63, 3.8) is 0 Å². The molecule has 0 radical (unpaired) electrons. The molecule has 0 aliphatic heterocycles. The molecule has 4 heteroatoms. The van der Waals surface area contributed by atoms with Crippen molar-refractivity contribution in [1.29, 1.82) is 0 Å². The van der Waals surface area contributed by atoms with E-state index in [0.29, 0.717) is 0 Å². The van der Waals surface area contributed by atoms with Gasteiger partial charge in [-0.15, -0.1) is 0 Å². The monoisotopic (exact) mass is 120 g/mol. The molecule has 0 bridgehead atoms.